The number of nitrogens with zero attached hydrogens (tertiary/aromatic N) is 3. The van der Waals surface area contributed by atoms with Crippen molar-refractivity contribution in [2.75, 3.05) is 5.73 Å². The molecule has 2 N–H and O–H groups in total. The molecule has 0 aliphatic heterocycles. The van der Waals surface area contributed by atoms with Crippen LogP contribution in [0.5, 0.6) is 0 Å². The molecule has 4 nitrogen and oxygen atoms in total. The third kappa shape index (κ3) is 2.78. The van der Waals surface area contributed by atoms with Gasteiger partial charge in [0, 0.05) is 10.0 Å². The van der Waals surface area contributed by atoms with Crippen molar-refractivity contribution in [3.63, 3.8) is 0 Å². The number of benzene rings is 1. The Morgan fingerprint density at radius 3 is 2.55 bits per heavy atom. The summed E-state index contributed by atoms with van der Waals surface area (Å²) in [7, 11) is 0. The third-order valence-electron chi connectivity index (χ3n) is 3.09. The van der Waals surface area contributed by atoms with E-state index in [4.69, 9.17) is 11.0 Å². The van der Waals surface area contributed by atoms with Gasteiger partial charge in [0.05, 0.1) is 0 Å². The van der Waals surface area contributed by atoms with Crippen LogP contribution in [-0.4, -0.2) is 16.0 Å². The number of aromatic nitrogens is 2. The molecule has 0 aliphatic rings. The first-order valence-electron chi connectivity index (χ1n) is 5.97. The molecule has 2 rings (SSSR count). The third-order valence-corrected chi connectivity index (χ3v) is 3.58. The van der Waals surface area contributed by atoms with Crippen molar-refractivity contribution < 1.29 is 17.6 Å². The van der Waals surface area contributed by atoms with E-state index >= 15 is 0 Å². The summed E-state index contributed by atoms with van der Waals surface area (Å²) < 4.78 is 53.4. The molecule has 0 amide bonds. The Morgan fingerprint density at radius 2 is 2.05 bits per heavy atom. The van der Waals surface area contributed by atoms with Crippen LogP contribution < -0.4 is 5.73 Å². The lowest BCUT2D eigenvalue weighted by atomic mass is 10.1. The van der Waals surface area contributed by atoms with Gasteiger partial charge in [-0.3, -0.25) is 0 Å². The lowest BCUT2D eigenvalue weighted by Crippen LogP contribution is -2.25. The second-order valence-corrected chi connectivity index (χ2v) is 5.42. The molecule has 0 fully saturated rings. The first kappa shape index (κ1) is 16.3. The molecule has 1 unspecified atom stereocenters. The van der Waals surface area contributed by atoms with Crippen molar-refractivity contribution in [2.24, 2.45) is 0 Å². The van der Waals surface area contributed by atoms with Crippen molar-refractivity contribution in [1.82, 2.24) is 9.78 Å². The van der Waals surface area contributed by atoms with Crippen molar-refractivity contribution in [2.45, 2.75) is 19.1 Å². The van der Waals surface area contributed by atoms with Crippen LogP contribution in [0, 0.1) is 17.1 Å². The summed E-state index contributed by atoms with van der Waals surface area (Å²) in [6.07, 6.45) is -4.59. The molecule has 1 aromatic carbocycles. The molecule has 0 aliphatic carbocycles. The summed E-state index contributed by atoms with van der Waals surface area (Å²) in [5, 5.41) is 12.8. The highest BCUT2D eigenvalue weighted by Gasteiger charge is 2.40. The maximum atomic E-state index is 14.0. The molecule has 0 saturated carbocycles. The van der Waals surface area contributed by atoms with Gasteiger partial charge in [-0.15, -0.1) is 0 Å². The maximum Gasteiger partial charge on any atom is 0.410 e. The second kappa shape index (κ2) is 5.61. The van der Waals surface area contributed by atoms with Gasteiger partial charge >= 0.3 is 6.18 Å². The van der Waals surface area contributed by atoms with Gasteiger partial charge in [-0.1, -0.05) is 15.9 Å². The summed E-state index contributed by atoms with van der Waals surface area (Å²) in [5.74, 6) is -1.18. The number of hydrogen-bond acceptors (Lipinski definition) is 3. The Morgan fingerprint density at radius 1 is 1.41 bits per heavy atom. The van der Waals surface area contributed by atoms with Gasteiger partial charge < -0.3 is 5.73 Å². The highest BCUT2D eigenvalue weighted by molar-refractivity contribution is 9.10. The SMILES string of the molecule is CC(n1nc(-c2ccc(Br)cc2F)c(C#N)c1N)C(F)(F)F. The molecule has 0 bridgehead atoms. The smallest absolute Gasteiger partial charge is 0.383 e. The Kier molecular flexibility index (Phi) is 4.15. The van der Waals surface area contributed by atoms with Crippen LogP contribution in [0.3, 0.4) is 0 Å². The number of nitrogen functional groups attached to an aromatic ring is 1. The van der Waals surface area contributed by atoms with Crippen LogP contribution in [0.25, 0.3) is 11.3 Å². The summed E-state index contributed by atoms with van der Waals surface area (Å²) in [5.41, 5.74) is 4.96. The largest absolute Gasteiger partial charge is 0.410 e. The van der Waals surface area contributed by atoms with Gasteiger partial charge in [-0.25, -0.2) is 9.07 Å². The quantitative estimate of drug-likeness (QED) is 0.804. The molecule has 0 saturated heterocycles. The molecule has 22 heavy (non-hydrogen) atoms. The van der Waals surface area contributed by atoms with Crippen LogP contribution in [-0.2, 0) is 0 Å². The number of nitrogens with two attached hydrogens (primary N) is 1. The number of hydrogen-bond donors (Lipinski definition) is 1. The van der Waals surface area contributed by atoms with Gasteiger partial charge in [-0.2, -0.15) is 23.5 Å². The summed E-state index contributed by atoms with van der Waals surface area (Å²) in [6, 6.07) is 3.56. The lowest BCUT2D eigenvalue weighted by molar-refractivity contribution is -0.164. The predicted octanol–water partition coefficient (Wildman–Crippen LogP) is 4.03. The molecule has 2 aromatic rings. The van der Waals surface area contributed by atoms with Crippen molar-refractivity contribution in [3.05, 3.63) is 34.1 Å². The Bertz CT molecular complexity index is 761. The highest BCUT2D eigenvalue weighted by Crippen LogP contribution is 2.36. The highest BCUT2D eigenvalue weighted by atomic mass is 79.9. The van der Waals surface area contributed by atoms with E-state index in [9.17, 15) is 17.6 Å². The van der Waals surface area contributed by atoms with E-state index < -0.39 is 23.9 Å². The Hall–Kier alpha value is -2.08. The molecule has 1 atom stereocenters. The summed E-state index contributed by atoms with van der Waals surface area (Å²) in [6.45, 7) is 0.853. The molecule has 9 heteroatoms. The Labute approximate surface area is 131 Å². The maximum absolute atomic E-state index is 14.0. The number of halogens is 5. The zero-order valence-electron chi connectivity index (χ0n) is 11.1. The zero-order chi connectivity index (χ0) is 16.7. The fraction of sp³-hybridized carbons (Fsp3) is 0.231. The molecule has 0 radical (unpaired) electrons. The standard InChI is InChI=1S/C13H9BrF4N4/c1-6(13(16,17)18)22-12(20)9(5-19)11(21-22)8-3-2-7(14)4-10(8)15/h2-4,6H,20H2,1H3. The van der Waals surface area contributed by atoms with Crippen molar-refractivity contribution in [1.29, 1.82) is 5.26 Å². The second-order valence-electron chi connectivity index (χ2n) is 4.51. The minimum absolute atomic E-state index is 0.0976. The van der Waals surface area contributed by atoms with E-state index in [1.807, 2.05) is 0 Å². The zero-order valence-corrected chi connectivity index (χ0v) is 12.7. The lowest BCUT2D eigenvalue weighted by Gasteiger charge is -2.17. The van der Waals surface area contributed by atoms with E-state index in [0.29, 0.717) is 9.15 Å². The van der Waals surface area contributed by atoms with Gasteiger partial charge in [0.1, 0.15) is 35.0 Å². The number of nitriles is 1. The minimum Gasteiger partial charge on any atom is -0.383 e. The molecule has 1 heterocycles. The Balaban J connectivity index is 2.66. The van der Waals surface area contributed by atoms with E-state index in [1.165, 1.54) is 12.1 Å². The summed E-state index contributed by atoms with van der Waals surface area (Å²) >= 11 is 3.07. The monoisotopic (exact) mass is 376 g/mol. The van der Waals surface area contributed by atoms with Crippen molar-refractivity contribution >= 4 is 21.7 Å². The van der Waals surface area contributed by atoms with E-state index in [0.717, 1.165) is 13.0 Å². The number of rotatable bonds is 2. The first-order chi connectivity index (χ1) is 10.2. The fourth-order valence-corrected chi connectivity index (χ4v) is 2.19. The topological polar surface area (TPSA) is 67.6 Å². The number of anilines is 1. The average molecular weight is 377 g/mol. The van der Waals surface area contributed by atoms with E-state index in [1.54, 1.807) is 6.07 Å². The van der Waals surface area contributed by atoms with Gasteiger partial charge in [-0.05, 0) is 25.1 Å². The molecular weight excluding hydrogens is 368 g/mol. The van der Waals surface area contributed by atoms with Crippen LogP contribution in [0.4, 0.5) is 23.4 Å². The molecule has 116 valence electrons. The van der Waals surface area contributed by atoms with Crippen LogP contribution in [0.1, 0.15) is 18.5 Å². The van der Waals surface area contributed by atoms with E-state index in [-0.39, 0.29) is 16.8 Å². The van der Waals surface area contributed by atoms with Crippen LogP contribution in [0.2, 0.25) is 0 Å². The predicted molar refractivity (Wildman–Crippen MR) is 75.2 cm³/mol. The first-order valence-corrected chi connectivity index (χ1v) is 6.76. The number of alkyl halides is 3. The van der Waals surface area contributed by atoms with Gasteiger partial charge in [0.2, 0.25) is 0 Å². The van der Waals surface area contributed by atoms with Gasteiger partial charge in [0.15, 0.2) is 0 Å². The summed E-state index contributed by atoms with van der Waals surface area (Å²) in [4.78, 5) is 0. The van der Waals surface area contributed by atoms with Gasteiger partial charge in [0.25, 0.3) is 0 Å². The van der Waals surface area contributed by atoms with Crippen LogP contribution >= 0.6 is 15.9 Å². The minimum atomic E-state index is -4.59. The average Bonchev–Trinajstić information content (AvgIpc) is 2.73. The normalized spacial score (nSPS) is 13.0. The molecule has 1 aromatic heterocycles. The van der Waals surface area contributed by atoms with E-state index in [2.05, 4.69) is 21.0 Å². The van der Waals surface area contributed by atoms with Crippen LogP contribution in [0.15, 0.2) is 22.7 Å². The molecular formula is C13H9BrF4N4. The fourth-order valence-electron chi connectivity index (χ4n) is 1.86. The van der Waals surface area contributed by atoms with Crippen molar-refractivity contribution in [3.8, 4) is 17.3 Å². The molecule has 0 spiro atoms.